The number of carboxylic acids is 1. The summed E-state index contributed by atoms with van der Waals surface area (Å²) in [5, 5.41) is 8.93. The molecule has 0 aromatic heterocycles. The lowest BCUT2D eigenvalue weighted by atomic mass is 9.92. The van der Waals surface area contributed by atoms with E-state index >= 15 is 0 Å². The van der Waals surface area contributed by atoms with Crippen molar-refractivity contribution in [1.29, 1.82) is 0 Å². The fourth-order valence-electron chi connectivity index (χ4n) is 2.62. The fraction of sp³-hybridized carbons (Fsp3) is 0.176. The molecule has 1 heterocycles. The Labute approximate surface area is 122 Å². The first kappa shape index (κ1) is 13.4. The van der Waals surface area contributed by atoms with Crippen LogP contribution in [0.2, 0.25) is 0 Å². The Morgan fingerprint density at radius 2 is 1.90 bits per heavy atom. The number of hydrogen-bond acceptors (Lipinski definition) is 3. The number of carbonyl (C=O) groups is 2. The fourth-order valence-corrected chi connectivity index (χ4v) is 2.62. The highest BCUT2D eigenvalue weighted by atomic mass is 16.5. The van der Waals surface area contributed by atoms with Crippen LogP contribution in [-0.2, 0) is 11.2 Å². The average molecular weight is 282 g/mol. The maximum Gasteiger partial charge on any atom is 0.307 e. The number of ketones is 1. The first-order chi connectivity index (χ1) is 10.1. The van der Waals surface area contributed by atoms with E-state index in [1.165, 1.54) is 0 Å². The molecule has 0 aliphatic carbocycles. The van der Waals surface area contributed by atoms with Crippen LogP contribution in [0.25, 0.3) is 0 Å². The molecule has 0 spiro atoms. The summed E-state index contributed by atoms with van der Waals surface area (Å²) >= 11 is 0. The average Bonchev–Trinajstić information content (AvgIpc) is 2.47. The molecule has 1 unspecified atom stereocenters. The number of Topliss-reactive ketones (excluding diaryl/α,β-unsaturated/α-hetero) is 1. The van der Waals surface area contributed by atoms with Crippen LogP contribution in [-0.4, -0.2) is 16.9 Å². The Morgan fingerprint density at radius 3 is 2.62 bits per heavy atom. The van der Waals surface area contributed by atoms with Crippen LogP contribution in [0.5, 0.6) is 5.75 Å². The highest BCUT2D eigenvalue weighted by molar-refractivity contribution is 6.02. The van der Waals surface area contributed by atoms with Gasteiger partial charge in [0.1, 0.15) is 11.9 Å². The predicted molar refractivity (Wildman–Crippen MR) is 76.5 cm³/mol. The van der Waals surface area contributed by atoms with Crippen molar-refractivity contribution in [3.63, 3.8) is 0 Å². The first-order valence-corrected chi connectivity index (χ1v) is 6.73. The Morgan fingerprint density at radius 1 is 1.14 bits per heavy atom. The first-order valence-electron chi connectivity index (χ1n) is 6.73. The number of hydrogen-bond donors (Lipinski definition) is 1. The van der Waals surface area contributed by atoms with E-state index in [2.05, 4.69) is 0 Å². The quantitative estimate of drug-likeness (QED) is 0.939. The second-order valence-electron chi connectivity index (χ2n) is 5.01. The molecule has 0 saturated heterocycles. The lowest BCUT2D eigenvalue weighted by molar-refractivity contribution is -0.136. The molecular formula is C17H14O4. The van der Waals surface area contributed by atoms with Gasteiger partial charge < -0.3 is 9.84 Å². The summed E-state index contributed by atoms with van der Waals surface area (Å²) in [7, 11) is 0. The van der Waals surface area contributed by atoms with Crippen molar-refractivity contribution in [2.75, 3.05) is 0 Å². The van der Waals surface area contributed by atoms with E-state index < -0.39 is 5.97 Å². The molecule has 0 fully saturated rings. The topological polar surface area (TPSA) is 63.6 Å². The molecule has 4 nitrogen and oxygen atoms in total. The zero-order chi connectivity index (χ0) is 14.8. The number of benzene rings is 2. The molecule has 1 aliphatic rings. The molecule has 4 heteroatoms. The second-order valence-corrected chi connectivity index (χ2v) is 5.01. The normalized spacial score (nSPS) is 17.0. The Kier molecular flexibility index (Phi) is 3.44. The van der Waals surface area contributed by atoms with E-state index in [1.54, 1.807) is 18.2 Å². The van der Waals surface area contributed by atoms with Gasteiger partial charge >= 0.3 is 5.97 Å². The molecule has 2 aromatic carbocycles. The van der Waals surface area contributed by atoms with Crippen molar-refractivity contribution >= 4 is 11.8 Å². The van der Waals surface area contributed by atoms with Crippen LogP contribution >= 0.6 is 0 Å². The molecule has 106 valence electrons. The maximum atomic E-state index is 12.4. The van der Waals surface area contributed by atoms with Crippen LogP contribution in [0.4, 0.5) is 0 Å². The lowest BCUT2D eigenvalue weighted by Gasteiger charge is -2.26. The number of carbonyl (C=O) groups excluding carboxylic acids is 1. The largest absolute Gasteiger partial charge is 0.484 e. The van der Waals surface area contributed by atoms with Crippen molar-refractivity contribution in [3.8, 4) is 5.75 Å². The van der Waals surface area contributed by atoms with Crippen LogP contribution in [0, 0.1) is 0 Å². The minimum Gasteiger partial charge on any atom is -0.484 e. The van der Waals surface area contributed by atoms with Crippen LogP contribution < -0.4 is 4.74 Å². The zero-order valence-electron chi connectivity index (χ0n) is 11.3. The van der Waals surface area contributed by atoms with Crippen LogP contribution in [0.15, 0.2) is 48.5 Å². The van der Waals surface area contributed by atoms with Crippen molar-refractivity contribution in [2.45, 2.75) is 18.9 Å². The van der Waals surface area contributed by atoms with E-state index in [0.717, 1.165) is 5.56 Å². The third-order valence-electron chi connectivity index (χ3n) is 3.54. The monoisotopic (exact) mass is 282 g/mol. The maximum absolute atomic E-state index is 12.4. The Bertz CT molecular complexity index is 691. The highest BCUT2D eigenvalue weighted by Crippen LogP contribution is 2.36. The Balaban J connectivity index is 1.97. The van der Waals surface area contributed by atoms with Gasteiger partial charge in [0.05, 0.1) is 18.4 Å². The molecule has 0 bridgehead atoms. The number of fused-ring (bicyclic) bond motifs is 1. The molecule has 2 aromatic rings. The minimum atomic E-state index is -0.957. The van der Waals surface area contributed by atoms with Crippen molar-refractivity contribution in [1.82, 2.24) is 0 Å². The van der Waals surface area contributed by atoms with Crippen molar-refractivity contribution in [2.24, 2.45) is 0 Å². The van der Waals surface area contributed by atoms with Gasteiger partial charge in [0.2, 0.25) is 0 Å². The van der Waals surface area contributed by atoms with E-state index in [9.17, 15) is 9.59 Å². The van der Waals surface area contributed by atoms with Crippen molar-refractivity contribution < 1.29 is 19.4 Å². The minimum absolute atomic E-state index is 0.0676. The third-order valence-corrected chi connectivity index (χ3v) is 3.54. The molecular weight excluding hydrogens is 268 g/mol. The summed E-state index contributed by atoms with van der Waals surface area (Å²) in [5.41, 5.74) is 1.86. The Hall–Kier alpha value is -2.62. The summed E-state index contributed by atoms with van der Waals surface area (Å²) < 4.78 is 5.90. The SMILES string of the molecule is O=C(O)Cc1cccc2c1C(=O)CC(c1ccccc1)O2. The number of carboxylic acid groups (broad SMARTS) is 1. The molecule has 0 radical (unpaired) electrons. The number of rotatable bonds is 3. The number of aliphatic carboxylic acids is 1. The van der Waals surface area contributed by atoms with Gasteiger partial charge in [-0.25, -0.2) is 0 Å². The van der Waals surface area contributed by atoms with Gasteiger partial charge in [-0.1, -0.05) is 42.5 Å². The lowest BCUT2D eigenvalue weighted by Crippen LogP contribution is -2.22. The zero-order valence-corrected chi connectivity index (χ0v) is 11.3. The summed E-state index contributed by atoms with van der Waals surface area (Å²) in [5.74, 6) is -0.554. The van der Waals surface area contributed by atoms with Gasteiger partial charge in [-0.3, -0.25) is 9.59 Å². The summed E-state index contributed by atoms with van der Waals surface area (Å²) in [6, 6.07) is 14.7. The molecule has 1 aliphatic heterocycles. The smallest absolute Gasteiger partial charge is 0.307 e. The molecule has 1 atom stereocenters. The van der Waals surface area contributed by atoms with Gasteiger partial charge in [0.15, 0.2) is 5.78 Å². The van der Waals surface area contributed by atoms with E-state index in [0.29, 0.717) is 16.9 Å². The van der Waals surface area contributed by atoms with Crippen molar-refractivity contribution in [3.05, 3.63) is 65.2 Å². The van der Waals surface area contributed by atoms with E-state index in [4.69, 9.17) is 9.84 Å². The third kappa shape index (κ3) is 2.65. The predicted octanol–water partition coefficient (Wildman–Crippen LogP) is 3.02. The molecule has 3 rings (SSSR count). The standard InChI is InChI=1S/C17H14O4/c18-13-10-15(11-5-2-1-3-6-11)21-14-8-4-7-12(17(13)14)9-16(19)20/h1-8,15H,9-10H2,(H,19,20). The number of ether oxygens (including phenoxy) is 1. The van der Waals surface area contributed by atoms with Crippen LogP contribution in [0.1, 0.15) is 34.0 Å². The van der Waals surface area contributed by atoms with Gasteiger partial charge in [0.25, 0.3) is 0 Å². The second kappa shape index (κ2) is 5.40. The molecule has 0 amide bonds. The van der Waals surface area contributed by atoms with Gasteiger partial charge in [-0.05, 0) is 17.2 Å². The molecule has 1 N–H and O–H groups in total. The van der Waals surface area contributed by atoms with Gasteiger partial charge in [-0.2, -0.15) is 0 Å². The summed E-state index contributed by atoms with van der Waals surface area (Å²) in [6.07, 6.45) is -0.256. The highest BCUT2D eigenvalue weighted by Gasteiger charge is 2.29. The van der Waals surface area contributed by atoms with Gasteiger partial charge in [0, 0.05) is 0 Å². The van der Waals surface area contributed by atoms with E-state index in [-0.39, 0.29) is 24.7 Å². The van der Waals surface area contributed by atoms with Gasteiger partial charge in [-0.15, -0.1) is 0 Å². The molecule has 21 heavy (non-hydrogen) atoms. The summed E-state index contributed by atoms with van der Waals surface area (Å²) in [4.78, 5) is 23.3. The van der Waals surface area contributed by atoms with Crippen LogP contribution in [0.3, 0.4) is 0 Å². The van der Waals surface area contributed by atoms with E-state index in [1.807, 2.05) is 30.3 Å². The molecule has 0 saturated carbocycles. The summed E-state index contributed by atoms with van der Waals surface area (Å²) in [6.45, 7) is 0.